The van der Waals surface area contributed by atoms with E-state index in [0.29, 0.717) is 13.1 Å². The summed E-state index contributed by atoms with van der Waals surface area (Å²) in [7, 11) is 0. The SMILES string of the molecule is O=C(NCCN1CCOCC1)c1cccc(C(=O)NCC2CCCO2)n1. The van der Waals surface area contributed by atoms with Gasteiger partial charge in [-0.05, 0) is 25.0 Å². The third kappa shape index (κ3) is 5.48. The van der Waals surface area contributed by atoms with Crippen LogP contribution in [0.1, 0.15) is 33.8 Å². The molecule has 2 amide bonds. The number of hydrogen-bond acceptors (Lipinski definition) is 6. The third-order valence-corrected chi connectivity index (χ3v) is 4.55. The molecule has 1 aromatic rings. The van der Waals surface area contributed by atoms with Crippen LogP contribution < -0.4 is 10.6 Å². The molecule has 2 aliphatic heterocycles. The summed E-state index contributed by atoms with van der Waals surface area (Å²) < 4.78 is 10.8. The van der Waals surface area contributed by atoms with Gasteiger partial charge in [-0.15, -0.1) is 0 Å². The van der Waals surface area contributed by atoms with Gasteiger partial charge in [-0.1, -0.05) is 6.07 Å². The first-order valence-electron chi connectivity index (χ1n) is 9.17. The first-order chi connectivity index (χ1) is 12.7. The van der Waals surface area contributed by atoms with Gasteiger partial charge in [0.15, 0.2) is 0 Å². The van der Waals surface area contributed by atoms with Crippen LogP contribution in [0.4, 0.5) is 0 Å². The quantitative estimate of drug-likeness (QED) is 0.712. The Bertz CT molecular complexity index is 613. The summed E-state index contributed by atoms with van der Waals surface area (Å²) >= 11 is 0. The zero-order chi connectivity index (χ0) is 18.2. The van der Waals surface area contributed by atoms with E-state index in [1.807, 2.05) is 0 Å². The van der Waals surface area contributed by atoms with E-state index in [4.69, 9.17) is 9.47 Å². The van der Waals surface area contributed by atoms with Crippen LogP contribution in [-0.2, 0) is 9.47 Å². The van der Waals surface area contributed by atoms with Crippen LogP contribution in [0.3, 0.4) is 0 Å². The van der Waals surface area contributed by atoms with Crippen molar-refractivity contribution in [2.75, 3.05) is 52.5 Å². The summed E-state index contributed by atoms with van der Waals surface area (Å²) in [4.78, 5) is 30.9. The molecule has 0 aromatic carbocycles. The van der Waals surface area contributed by atoms with E-state index >= 15 is 0 Å². The standard InChI is InChI=1S/C18H26N4O4/c23-17(19-6-7-22-8-11-25-12-9-22)15-4-1-5-16(21-15)18(24)20-13-14-3-2-10-26-14/h1,4-5,14H,2-3,6-13H2,(H,19,23)(H,20,24). The zero-order valence-electron chi connectivity index (χ0n) is 14.9. The number of pyridine rings is 1. The van der Waals surface area contributed by atoms with E-state index in [9.17, 15) is 9.59 Å². The lowest BCUT2D eigenvalue weighted by molar-refractivity contribution is 0.0383. The largest absolute Gasteiger partial charge is 0.379 e. The highest BCUT2D eigenvalue weighted by Gasteiger charge is 2.18. The molecule has 0 radical (unpaired) electrons. The Balaban J connectivity index is 1.45. The first-order valence-corrected chi connectivity index (χ1v) is 9.17. The molecule has 8 nitrogen and oxygen atoms in total. The zero-order valence-corrected chi connectivity index (χ0v) is 14.9. The number of carbonyl (C=O) groups is 2. The topological polar surface area (TPSA) is 92.8 Å². The number of nitrogens with one attached hydrogen (secondary N) is 2. The van der Waals surface area contributed by atoms with Crippen LogP contribution in [0.15, 0.2) is 18.2 Å². The Hall–Kier alpha value is -2.03. The molecule has 1 aromatic heterocycles. The van der Waals surface area contributed by atoms with Gasteiger partial charge < -0.3 is 20.1 Å². The second kappa shape index (κ2) is 9.61. The molecule has 3 heterocycles. The molecule has 1 unspecified atom stereocenters. The highest BCUT2D eigenvalue weighted by atomic mass is 16.5. The molecule has 2 N–H and O–H groups in total. The fourth-order valence-electron chi connectivity index (χ4n) is 3.03. The molecule has 1 atom stereocenters. The van der Waals surface area contributed by atoms with E-state index in [1.54, 1.807) is 18.2 Å². The van der Waals surface area contributed by atoms with E-state index in [1.165, 1.54) is 0 Å². The van der Waals surface area contributed by atoms with Crippen molar-refractivity contribution in [3.05, 3.63) is 29.6 Å². The molecule has 2 fully saturated rings. The van der Waals surface area contributed by atoms with E-state index in [-0.39, 0.29) is 29.3 Å². The number of ether oxygens (including phenoxy) is 2. The van der Waals surface area contributed by atoms with Crippen LogP contribution in [0.5, 0.6) is 0 Å². The van der Waals surface area contributed by atoms with Crippen LogP contribution in [-0.4, -0.2) is 80.3 Å². The van der Waals surface area contributed by atoms with Gasteiger partial charge in [0.25, 0.3) is 11.8 Å². The lowest BCUT2D eigenvalue weighted by Gasteiger charge is -2.26. The Labute approximate surface area is 153 Å². The highest BCUT2D eigenvalue weighted by Crippen LogP contribution is 2.10. The summed E-state index contributed by atoms with van der Waals surface area (Å²) in [6.45, 7) is 5.77. The van der Waals surface area contributed by atoms with Gasteiger partial charge >= 0.3 is 0 Å². The normalized spacial score (nSPS) is 20.7. The molecule has 0 bridgehead atoms. The fourth-order valence-corrected chi connectivity index (χ4v) is 3.03. The average Bonchev–Trinajstić information content (AvgIpc) is 3.20. The number of morpholine rings is 1. The van der Waals surface area contributed by atoms with Gasteiger partial charge in [0.05, 0.1) is 19.3 Å². The summed E-state index contributed by atoms with van der Waals surface area (Å²) in [6.07, 6.45) is 2.06. The van der Waals surface area contributed by atoms with Crippen molar-refractivity contribution < 1.29 is 19.1 Å². The van der Waals surface area contributed by atoms with Gasteiger partial charge in [0, 0.05) is 39.3 Å². The van der Waals surface area contributed by atoms with E-state index in [2.05, 4.69) is 20.5 Å². The third-order valence-electron chi connectivity index (χ3n) is 4.55. The molecule has 8 heteroatoms. The van der Waals surface area contributed by atoms with Gasteiger partial charge in [-0.2, -0.15) is 0 Å². The number of nitrogens with zero attached hydrogens (tertiary/aromatic N) is 2. The minimum atomic E-state index is -0.288. The molecule has 0 aliphatic carbocycles. The number of aromatic nitrogens is 1. The minimum absolute atomic E-state index is 0.0746. The maximum atomic E-state index is 12.3. The Morgan fingerprint density at radius 1 is 1.12 bits per heavy atom. The summed E-state index contributed by atoms with van der Waals surface area (Å²) in [5.41, 5.74) is 0.487. The monoisotopic (exact) mass is 362 g/mol. The summed E-state index contributed by atoms with van der Waals surface area (Å²) in [5.74, 6) is -0.560. The second-order valence-electron chi connectivity index (χ2n) is 6.46. The predicted molar refractivity (Wildman–Crippen MR) is 95.1 cm³/mol. The van der Waals surface area contributed by atoms with E-state index in [0.717, 1.165) is 52.3 Å². The van der Waals surface area contributed by atoms with Crippen molar-refractivity contribution in [2.24, 2.45) is 0 Å². The number of amides is 2. The fraction of sp³-hybridized carbons (Fsp3) is 0.611. The first kappa shape index (κ1) is 18.8. The summed E-state index contributed by atoms with van der Waals surface area (Å²) in [5, 5.41) is 5.67. The molecule has 3 rings (SSSR count). The van der Waals surface area contributed by atoms with Crippen molar-refractivity contribution in [1.82, 2.24) is 20.5 Å². The van der Waals surface area contributed by atoms with Crippen molar-refractivity contribution in [1.29, 1.82) is 0 Å². The molecule has 142 valence electrons. The molecule has 2 aliphatic rings. The van der Waals surface area contributed by atoms with Crippen LogP contribution in [0.25, 0.3) is 0 Å². The molecular weight excluding hydrogens is 336 g/mol. The number of hydrogen-bond donors (Lipinski definition) is 2. The molecular formula is C18H26N4O4. The van der Waals surface area contributed by atoms with Crippen molar-refractivity contribution in [3.63, 3.8) is 0 Å². The Morgan fingerprint density at radius 3 is 2.54 bits per heavy atom. The van der Waals surface area contributed by atoms with Crippen molar-refractivity contribution in [2.45, 2.75) is 18.9 Å². The molecule has 26 heavy (non-hydrogen) atoms. The van der Waals surface area contributed by atoms with Crippen LogP contribution >= 0.6 is 0 Å². The lowest BCUT2D eigenvalue weighted by Crippen LogP contribution is -2.41. The average molecular weight is 362 g/mol. The molecule has 0 spiro atoms. The van der Waals surface area contributed by atoms with E-state index < -0.39 is 0 Å². The minimum Gasteiger partial charge on any atom is -0.379 e. The van der Waals surface area contributed by atoms with Gasteiger partial charge in [-0.3, -0.25) is 14.5 Å². The van der Waals surface area contributed by atoms with Crippen molar-refractivity contribution in [3.8, 4) is 0 Å². The number of rotatable bonds is 7. The van der Waals surface area contributed by atoms with Gasteiger partial charge in [0.2, 0.25) is 0 Å². The second-order valence-corrected chi connectivity index (χ2v) is 6.46. The maximum absolute atomic E-state index is 12.3. The van der Waals surface area contributed by atoms with Gasteiger partial charge in [-0.25, -0.2) is 4.98 Å². The highest BCUT2D eigenvalue weighted by molar-refractivity contribution is 5.96. The predicted octanol–water partition coefficient (Wildman–Crippen LogP) is 0.0524. The smallest absolute Gasteiger partial charge is 0.269 e. The lowest BCUT2D eigenvalue weighted by atomic mass is 10.2. The molecule has 2 saturated heterocycles. The van der Waals surface area contributed by atoms with Crippen LogP contribution in [0.2, 0.25) is 0 Å². The molecule has 0 saturated carbocycles. The van der Waals surface area contributed by atoms with Crippen LogP contribution in [0, 0.1) is 0 Å². The Morgan fingerprint density at radius 2 is 1.85 bits per heavy atom. The van der Waals surface area contributed by atoms with Crippen molar-refractivity contribution >= 4 is 11.8 Å². The van der Waals surface area contributed by atoms with Gasteiger partial charge in [0.1, 0.15) is 11.4 Å². The number of carbonyl (C=O) groups excluding carboxylic acids is 2. The summed E-state index contributed by atoms with van der Waals surface area (Å²) in [6, 6.07) is 4.89. The maximum Gasteiger partial charge on any atom is 0.269 e. The Kier molecular flexibility index (Phi) is 6.93.